The third-order valence-electron chi connectivity index (χ3n) is 2.53. The molecule has 0 heterocycles. The lowest BCUT2D eigenvalue weighted by atomic mass is 10.2. The van der Waals surface area contributed by atoms with Crippen LogP contribution >= 0.6 is 0 Å². The molecule has 0 aliphatic carbocycles. The smallest absolute Gasteiger partial charge is 0.294 e. The summed E-state index contributed by atoms with van der Waals surface area (Å²) in [6.45, 7) is 0.362. The number of hydrogen-bond donors (Lipinski definition) is 1. The van der Waals surface area contributed by atoms with Crippen molar-refractivity contribution in [1.82, 2.24) is 0 Å². The van der Waals surface area contributed by atoms with Gasteiger partial charge in [-0.2, -0.15) is 8.42 Å². The monoisotopic (exact) mass is 291 g/mol. The Morgan fingerprint density at radius 1 is 1.05 bits per heavy atom. The van der Waals surface area contributed by atoms with E-state index >= 15 is 0 Å². The van der Waals surface area contributed by atoms with E-state index in [2.05, 4.69) is 5.16 Å². The third-order valence-corrected chi connectivity index (χ3v) is 3.40. The molecule has 0 amide bonds. The normalized spacial score (nSPS) is 11.7. The van der Waals surface area contributed by atoms with Crippen molar-refractivity contribution < 1.29 is 17.8 Å². The second-order valence-electron chi connectivity index (χ2n) is 4.04. The molecule has 0 unspecified atom stereocenters. The molecule has 6 heteroatoms. The highest BCUT2D eigenvalue weighted by Gasteiger charge is 2.07. The molecule has 0 spiro atoms. The molecule has 2 aromatic rings. The molecule has 104 valence electrons. The lowest BCUT2D eigenvalue weighted by Gasteiger charge is -1.99. The maximum atomic E-state index is 10.9. The Kier molecular flexibility index (Phi) is 4.49. The standard InChI is InChI=1S/C14H13NO4S/c16-20(17,18)14-8-6-12(7-9-14)10-15-19-11-13-4-2-1-3-5-13/h1-10H,11H2,(H,16,17,18). The third kappa shape index (κ3) is 4.18. The van der Waals surface area contributed by atoms with Crippen molar-refractivity contribution in [3.05, 3.63) is 65.7 Å². The SMILES string of the molecule is O=S(=O)(O)c1ccc(C=NOCc2ccccc2)cc1. The number of hydrogen-bond acceptors (Lipinski definition) is 4. The maximum Gasteiger partial charge on any atom is 0.294 e. The van der Waals surface area contributed by atoms with Crippen LogP contribution in [0.2, 0.25) is 0 Å². The Labute approximate surface area is 117 Å². The Hall–Kier alpha value is -2.18. The second-order valence-corrected chi connectivity index (χ2v) is 5.46. The lowest BCUT2D eigenvalue weighted by molar-refractivity contribution is 0.132. The van der Waals surface area contributed by atoms with E-state index in [0.717, 1.165) is 5.56 Å². The van der Waals surface area contributed by atoms with Gasteiger partial charge in [-0.05, 0) is 23.3 Å². The minimum Gasteiger partial charge on any atom is -0.391 e. The first kappa shape index (κ1) is 14.2. The van der Waals surface area contributed by atoms with Gasteiger partial charge in [0.25, 0.3) is 10.1 Å². The number of oxime groups is 1. The molecule has 20 heavy (non-hydrogen) atoms. The van der Waals surface area contributed by atoms with Crippen molar-refractivity contribution in [2.45, 2.75) is 11.5 Å². The summed E-state index contributed by atoms with van der Waals surface area (Å²) in [4.78, 5) is 4.97. The predicted octanol–water partition coefficient (Wildman–Crippen LogP) is 2.48. The van der Waals surface area contributed by atoms with Crippen LogP contribution in [0.1, 0.15) is 11.1 Å². The molecule has 0 radical (unpaired) electrons. The Morgan fingerprint density at radius 2 is 1.70 bits per heavy atom. The van der Waals surface area contributed by atoms with E-state index in [1.54, 1.807) is 0 Å². The van der Waals surface area contributed by atoms with Crippen LogP contribution in [0, 0.1) is 0 Å². The van der Waals surface area contributed by atoms with Gasteiger partial charge in [-0.1, -0.05) is 47.6 Å². The molecule has 0 saturated carbocycles. The second kappa shape index (κ2) is 6.31. The fourth-order valence-corrected chi connectivity index (χ4v) is 1.99. The van der Waals surface area contributed by atoms with Gasteiger partial charge in [0.05, 0.1) is 11.1 Å². The van der Waals surface area contributed by atoms with E-state index in [-0.39, 0.29) is 4.90 Å². The van der Waals surface area contributed by atoms with Crippen LogP contribution in [0.5, 0.6) is 0 Å². The number of rotatable bonds is 5. The first-order valence-corrected chi connectivity index (χ1v) is 7.26. The molecule has 2 aromatic carbocycles. The predicted molar refractivity (Wildman–Crippen MR) is 75.1 cm³/mol. The summed E-state index contributed by atoms with van der Waals surface area (Å²) >= 11 is 0. The summed E-state index contributed by atoms with van der Waals surface area (Å²) in [6.07, 6.45) is 1.47. The van der Waals surface area contributed by atoms with Crippen LogP contribution in [-0.4, -0.2) is 19.2 Å². The largest absolute Gasteiger partial charge is 0.391 e. The van der Waals surface area contributed by atoms with Gasteiger partial charge in [0.15, 0.2) is 0 Å². The molecule has 0 aromatic heterocycles. The van der Waals surface area contributed by atoms with Gasteiger partial charge >= 0.3 is 0 Å². The van der Waals surface area contributed by atoms with Crippen molar-refractivity contribution in [3.63, 3.8) is 0 Å². The van der Waals surface area contributed by atoms with E-state index in [9.17, 15) is 8.42 Å². The lowest BCUT2D eigenvalue weighted by Crippen LogP contribution is -1.97. The van der Waals surface area contributed by atoms with E-state index in [4.69, 9.17) is 9.39 Å². The van der Waals surface area contributed by atoms with Gasteiger partial charge in [-0.25, -0.2) is 0 Å². The average molecular weight is 291 g/mol. The molecular formula is C14H13NO4S. The molecule has 0 fully saturated rings. The van der Waals surface area contributed by atoms with Crippen LogP contribution in [0.15, 0.2) is 64.6 Å². The molecular weight excluding hydrogens is 278 g/mol. The zero-order valence-electron chi connectivity index (χ0n) is 10.5. The Morgan fingerprint density at radius 3 is 2.30 bits per heavy atom. The molecule has 0 saturated heterocycles. The molecule has 0 aliphatic rings. The number of nitrogens with zero attached hydrogens (tertiary/aromatic N) is 1. The molecule has 5 nitrogen and oxygen atoms in total. The van der Waals surface area contributed by atoms with E-state index in [1.807, 2.05) is 30.3 Å². The molecule has 0 atom stereocenters. The summed E-state index contributed by atoms with van der Waals surface area (Å²) in [5.74, 6) is 0. The van der Waals surface area contributed by atoms with Gasteiger partial charge in [-0.3, -0.25) is 4.55 Å². The zero-order chi connectivity index (χ0) is 14.4. The van der Waals surface area contributed by atoms with Gasteiger partial charge in [0.2, 0.25) is 0 Å². The fraction of sp³-hybridized carbons (Fsp3) is 0.0714. The van der Waals surface area contributed by atoms with Crippen LogP contribution in [-0.2, 0) is 21.6 Å². The Balaban J connectivity index is 1.92. The van der Waals surface area contributed by atoms with Gasteiger partial charge in [0.1, 0.15) is 6.61 Å². The molecule has 1 N–H and O–H groups in total. The van der Waals surface area contributed by atoms with Crippen LogP contribution in [0.25, 0.3) is 0 Å². The molecule has 0 bridgehead atoms. The minimum absolute atomic E-state index is 0.153. The van der Waals surface area contributed by atoms with Gasteiger partial charge in [-0.15, -0.1) is 0 Å². The van der Waals surface area contributed by atoms with Crippen LogP contribution in [0.3, 0.4) is 0 Å². The number of benzene rings is 2. The highest BCUT2D eigenvalue weighted by atomic mass is 32.2. The van der Waals surface area contributed by atoms with E-state index in [0.29, 0.717) is 12.2 Å². The van der Waals surface area contributed by atoms with Crippen molar-refractivity contribution in [2.24, 2.45) is 5.16 Å². The summed E-state index contributed by atoms with van der Waals surface area (Å²) in [5, 5.41) is 3.79. The van der Waals surface area contributed by atoms with Gasteiger partial charge < -0.3 is 4.84 Å². The highest BCUT2D eigenvalue weighted by Crippen LogP contribution is 2.09. The highest BCUT2D eigenvalue weighted by molar-refractivity contribution is 7.85. The fourth-order valence-electron chi connectivity index (χ4n) is 1.51. The first-order chi connectivity index (χ1) is 9.55. The van der Waals surface area contributed by atoms with Crippen molar-refractivity contribution >= 4 is 16.3 Å². The first-order valence-electron chi connectivity index (χ1n) is 5.82. The summed E-state index contributed by atoms with van der Waals surface area (Å²) in [6, 6.07) is 15.3. The van der Waals surface area contributed by atoms with Crippen molar-refractivity contribution in [1.29, 1.82) is 0 Å². The van der Waals surface area contributed by atoms with Crippen molar-refractivity contribution in [2.75, 3.05) is 0 Å². The van der Waals surface area contributed by atoms with Crippen LogP contribution in [0.4, 0.5) is 0 Å². The van der Waals surface area contributed by atoms with Crippen LogP contribution < -0.4 is 0 Å². The van der Waals surface area contributed by atoms with E-state index < -0.39 is 10.1 Å². The summed E-state index contributed by atoms with van der Waals surface area (Å²) < 4.78 is 30.6. The summed E-state index contributed by atoms with van der Waals surface area (Å²) in [7, 11) is -4.16. The minimum atomic E-state index is -4.16. The molecule has 0 aliphatic heterocycles. The quantitative estimate of drug-likeness (QED) is 0.521. The Bertz CT molecular complexity index is 679. The van der Waals surface area contributed by atoms with Gasteiger partial charge in [0, 0.05) is 0 Å². The van der Waals surface area contributed by atoms with Crippen molar-refractivity contribution in [3.8, 4) is 0 Å². The zero-order valence-corrected chi connectivity index (χ0v) is 11.3. The average Bonchev–Trinajstić information content (AvgIpc) is 2.44. The topological polar surface area (TPSA) is 76.0 Å². The molecule has 2 rings (SSSR count). The van der Waals surface area contributed by atoms with E-state index in [1.165, 1.54) is 30.5 Å². The maximum absolute atomic E-state index is 10.9. The summed E-state index contributed by atoms with van der Waals surface area (Å²) in [5.41, 5.74) is 1.68.